The molecule has 0 amide bonds. The second kappa shape index (κ2) is 4.60. The number of hydrogen-bond acceptors (Lipinski definition) is 3. The topological polar surface area (TPSA) is 33.1 Å². The Morgan fingerprint density at radius 3 is 2.84 bits per heavy atom. The monoisotopic (exact) mass is 262 g/mol. The average molecular weight is 262 g/mol. The first-order chi connectivity index (χ1) is 8.98. The predicted octanol–water partition coefficient (Wildman–Crippen LogP) is 1.89. The second-order valence-corrected chi connectivity index (χ2v) is 6.94. The summed E-state index contributed by atoms with van der Waals surface area (Å²) in [6.07, 6.45) is 2.10. The molecule has 2 aliphatic heterocycles. The van der Waals surface area contributed by atoms with E-state index in [-0.39, 0.29) is 5.54 Å². The van der Waals surface area contributed by atoms with E-state index in [2.05, 4.69) is 54.9 Å². The first-order valence-electron chi connectivity index (χ1n) is 7.48. The van der Waals surface area contributed by atoms with E-state index in [1.54, 1.807) is 0 Å². The SMILES string of the molecule is CC(C)n1ccc(CN2CC3CNCC3C2(C)C)n1. The molecule has 2 fully saturated rings. The van der Waals surface area contributed by atoms with Gasteiger partial charge in [-0.3, -0.25) is 9.58 Å². The third-order valence-corrected chi connectivity index (χ3v) is 5.06. The summed E-state index contributed by atoms with van der Waals surface area (Å²) in [6, 6.07) is 2.62. The fraction of sp³-hybridized carbons (Fsp3) is 0.800. The van der Waals surface area contributed by atoms with Crippen molar-refractivity contribution in [1.29, 1.82) is 0 Å². The molecule has 106 valence electrons. The minimum absolute atomic E-state index is 0.287. The number of rotatable bonds is 3. The Morgan fingerprint density at radius 1 is 1.42 bits per heavy atom. The number of likely N-dealkylation sites (tertiary alicyclic amines) is 1. The van der Waals surface area contributed by atoms with Crippen LogP contribution in [0.3, 0.4) is 0 Å². The largest absolute Gasteiger partial charge is 0.316 e. The second-order valence-electron chi connectivity index (χ2n) is 6.94. The van der Waals surface area contributed by atoms with Crippen molar-refractivity contribution in [2.75, 3.05) is 19.6 Å². The van der Waals surface area contributed by atoms with Crippen molar-refractivity contribution < 1.29 is 0 Å². The molecule has 3 rings (SSSR count). The van der Waals surface area contributed by atoms with Crippen molar-refractivity contribution in [2.24, 2.45) is 11.8 Å². The van der Waals surface area contributed by atoms with Crippen LogP contribution in [0.15, 0.2) is 12.3 Å². The maximum atomic E-state index is 4.69. The third-order valence-electron chi connectivity index (χ3n) is 5.06. The van der Waals surface area contributed by atoms with Crippen LogP contribution in [0, 0.1) is 11.8 Å². The lowest BCUT2D eigenvalue weighted by Gasteiger charge is -2.35. The molecule has 1 aromatic rings. The molecule has 4 heteroatoms. The third kappa shape index (κ3) is 2.21. The van der Waals surface area contributed by atoms with E-state index in [0.717, 1.165) is 18.4 Å². The standard InChI is InChI=1S/C15H26N4/c1-11(2)19-6-5-13(17-19)10-18-9-12-7-16-8-14(12)15(18,3)4/h5-6,11-12,14,16H,7-10H2,1-4H3. The van der Waals surface area contributed by atoms with Gasteiger partial charge in [0.05, 0.1) is 5.69 Å². The maximum Gasteiger partial charge on any atom is 0.0765 e. The molecule has 0 aliphatic carbocycles. The zero-order valence-electron chi connectivity index (χ0n) is 12.6. The smallest absolute Gasteiger partial charge is 0.0765 e. The van der Waals surface area contributed by atoms with Crippen molar-refractivity contribution in [2.45, 2.75) is 45.8 Å². The molecule has 2 aliphatic rings. The molecule has 2 unspecified atom stereocenters. The summed E-state index contributed by atoms with van der Waals surface area (Å²) in [5.74, 6) is 1.61. The lowest BCUT2D eigenvalue weighted by atomic mass is 9.85. The van der Waals surface area contributed by atoms with Crippen LogP contribution < -0.4 is 5.32 Å². The van der Waals surface area contributed by atoms with Crippen molar-refractivity contribution in [3.63, 3.8) is 0 Å². The highest BCUT2D eigenvalue weighted by atomic mass is 15.3. The highest BCUT2D eigenvalue weighted by Gasteiger charge is 2.49. The van der Waals surface area contributed by atoms with E-state index in [4.69, 9.17) is 5.10 Å². The van der Waals surface area contributed by atoms with Crippen LogP contribution >= 0.6 is 0 Å². The van der Waals surface area contributed by atoms with Crippen molar-refractivity contribution in [1.82, 2.24) is 20.0 Å². The first-order valence-corrected chi connectivity index (χ1v) is 7.48. The molecular formula is C15H26N4. The molecule has 2 atom stereocenters. The number of nitrogens with zero attached hydrogens (tertiary/aromatic N) is 3. The van der Waals surface area contributed by atoms with Crippen LogP contribution in [-0.4, -0.2) is 39.9 Å². The Morgan fingerprint density at radius 2 is 2.21 bits per heavy atom. The molecule has 1 N–H and O–H groups in total. The Balaban J connectivity index is 1.72. The summed E-state index contributed by atoms with van der Waals surface area (Å²) in [4.78, 5) is 2.62. The highest BCUT2D eigenvalue weighted by molar-refractivity contribution is 5.08. The molecule has 0 saturated carbocycles. The van der Waals surface area contributed by atoms with Gasteiger partial charge in [-0.15, -0.1) is 0 Å². The zero-order valence-corrected chi connectivity index (χ0v) is 12.6. The van der Waals surface area contributed by atoms with E-state index in [1.807, 2.05) is 0 Å². The predicted molar refractivity (Wildman–Crippen MR) is 77.0 cm³/mol. The van der Waals surface area contributed by atoms with Gasteiger partial charge in [-0.2, -0.15) is 5.10 Å². The molecule has 2 saturated heterocycles. The van der Waals surface area contributed by atoms with Gasteiger partial charge in [-0.1, -0.05) is 0 Å². The molecule has 19 heavy (non-hydrogen) atoms. The van der Waals surface area contributed by atoms with Crippen molar-refractivity contribution in [3.8, 4) is 0 Å². The summed E-state index contributed by atoms with van der Waals surface area (Å²) in [5, 5.41) is 8.23. The van der Waals surface area contributed by atoms with E-state index < -0.39 is 0 Å². The fourth-order valence-electron chi connectivity index (χ4n) is 3.72. The quantitative estimate of drug-likeness (QED) is 0.903. The first kappa shape index (κ1) is 13.1. The minimum atomic E-state index is 0.287. The number of aromatic nitrogens is 2. The summed E-state index contributed by atoms with van der Waals surface area (Å²) < 4.78 is 2.06. The summed E-state index contributed by atoms with van der Waals surface area (Å²) in [7, 11) is 0. The zero-order chi connectivity index (χ0) is 13.6. The lowest BCUT2D eigenvalue weighted by Crippen LogP contribution is -2.44. The molecule has 0 spiro atoms. The van der Waals surface area contributed by atoms with E-state index in [1.165, 1.54) is 25.3 Å². The fourth-order valence-corrected chi connectivity index (χ4v) is 3.72. The van der Waals surface area contributed by atoms with Gasteiger partial charge < -0.3 is 5.32 Å². The van der Waals surface area contributed by atoms with Gasteiger partial charge in [0.2, 0.25) is 0 Å². The van der Waals surface area contributed by atoms with Crippen LogP contribution in [0.2, 0.25) is 0 Å². The van der Waals surface area contributed by atoms with Gasteiger partial charge in [-0.25, -0.2) is 0 Å². The van der Waals surface area contributed by atoms with Gasteiger partial charge in [-0.05, 0) is 52.1 Å². The molecular weight excluding hydrogens is 236 g/mol. The van der Waals surface area contributed by atoms with Crippen molar-refractivity contribution >= 4 is 0 Å². The van der Waals surface area contributed by atoms with Crippen LogP contribution in [0.4, 0.5) is 0 Å². The highest BCUT2D eigenvalue weighted by Crippen LogP contribution is 2.41. The summed E-state index contributed by atoms with van der Waals surface area (Å²) in [6.45, 7) is 13.7. The number of hydrogen-bond donors (Lipinski definition) is 1. The van der Waals surface area contributed by atoms with Gasteiger partial charge in [0, 0.05) is 37.4 Å². The minimum Gasteiger partial charge on any atom is -0.316 e. The Hall–Kier alpha value is -0.870. The summed E-state index contributed by atoms with van der Waals surface area (Å²) >= 11 is 0. The molecule has 3 heterocycles. The van der Waals surface area contributed by atoms with Gasteiger partial charge in [0.1, 0.15) is 0 Å². The molecule has 0 radical (unpaired) electrons. The van der Waals surface area contributed by atoms with Crippen LogP contribution in [0.25, 0.3) is 0 Å². The van der Waals surface area contributed by atoms with E-state index >= 15 is 0 Å². The van der Waals surface area contributed by atoms with E-state index in [9.17, 15) is 0 Å². The molecule has 0 bridgehead atoms. The normalized spacial score (nSPS) is 30.2. The van der Waals surface area contributed by atoms with Gasteiger partial charge in [0.15, 0.2) is 0 Å². The van der Waals surface area contributed by atoms with Crippen LogP contribution in [0.5, 0.6) is 0 Å². The maximum absolute atomic E-state index is 4.69. The average Bonchev–Trinajstić information content (AvgIpc) is 2.99. The molecule has 4 nitrogen and oxygen atoms in total. The van der Waals surface area contributed by atoms with E-state index in [0.29, 0.717) is 6.04 Å². The van der Waals surface area contributed by atoms with Gasteiger partial charge >= 0.3 is 0 Å². The number of nitrogens with one attached hydrogen (secondary N) is 1. The Labute approximate surface area is 116 Å². The number of fused-ring (bicyclic) bond motifs is 1. The lowest BCUT2D eigenvalue weighted by molar-refractivity contribution is 0.130. The Bertz CT molecular complexity index is 449. The Kier molecular flexibility index (Phi) is 3.18. The van der Waals surface area contributed by atoms with Crippen LogP contribution in [-0.2, 0) is 6.54 Å². The molecule has 0 aromatic carbocycles. The van der Waals surface area contributed by atoms with Gasteiger partial charge in [0.25, 0.3) is 0 Å². The van der Waals surface area contributed by atoms with Crippen molar-refractivity contribution in [3.05, 3.63) is 18.0 Å². The molecule has 1 aromatic heterocycles. The summed E-state index contributed by atoms with van der Waals surface area (Å²) in [5.41, 5.74) is 1.49. The van der Waals surface area contributed by atoms with Crippen LogP contribution in [0.1, 0.15) is 39.4 Å².